The van der Waals surface area contributed by atoms with Crippen LogP contribution in [0.4, 0.5) is 0 Å². The third-order valence-corrected chi connectivity index (χ3v) is 3.51. The summed E-state index contributed by atoms with van der Waals surface area (Å²) in [6.07, 6.45) is 10.6. The minimum absolute atomic E-state index is 0.864. The fraction of sp³-hybridized carbons (Fsp3) is 0.294. The third kappa shape index (κ3) is 3.43. The summed E-state index contributed by atoms with van der Waals surface area (Å²) in [6.45, 7) is 4.84. The molecule has 19 heavy (non-hydrogen) atoms. The van der Waals surface area contributed by atoms with Crippen molar-refractivity contribution in [2.75, 3.05) is 26.3 Å². The van der Waals surface area contributed by atoms with E-state index in [2.05, 4.69) is 59.5 Å². The molecule has 1 aliphatic carbocycles. The molecule has 0 aromatic heterocycles. The second kappa shape index (κ2) is 6.00. The Labute approximate surface area is 114 Å². The highest BCUT2D eigenvalue weighted by atomic mass is 16.5. The summed E-state index contributed by atoms with van der Waals surface area (Å²) in [5.74, 6) is 0. The molecule has 0 spiro atoms. The van der Waals surface area contributed by atoms with E-state index in [1.165, 1.54) is 16.7 Å². The Balaban J connectivity index is 1.63. The van der Waals surface area contributed by atoms with Crippen LogP contribution < -0.4 is 0 Å². The van der Waals surface area contributed by atoms with Crippen molar-refractivity contribution in [2.45, 2.75) is 6.54 Å². The number of nitrogens with zero attached hydrogens (tertiary/aromatic N) is 1. The van der Waals surface area contributed by atoms with Crippen molar-refractivity contribution in [2.24, 2.45) is 0 Å². The van der Waals surface area contributed by atoms with Crippen molar-refractivity contribution in [3.63, 3.8) is 0 Å². The zero-order valence-corrected chi connectivity index (χ0v) is 11.1. The summed E-state index contributed by atoms with van der Waals surface area (Å²) in [4.78, 5) is 2.44. The van der Waals surface area contributed by atoms with Gasteiger partial charge in [-0.3, -0.25) is 4.90 Å². The lowest BCUT2D eigenvalue weighted by molar-refractivity contribution is 0.0342. The quantitative estimate of drug-likeness (QED) is 0.821. The molecule has 2 aliphatic rings. The van der Waals surface area contributed by atoms with Gasteiger partial charge in [0.25, 0.3) is 0 Å². The van der Waals surface area contributed by atoms with Crippen LogP contribution in [0.3, 0.4) is 0 Å². The van der Waals surface area contributed by atoms with E-state index in [9.17, 15) is 0 Å². The van der Waals surface area contributed by atoms with Gasteiger partial charge in [0.2, 0.25) is 0 Å². The second-order valence-electron chi connectivity index (χ2n) is 4.99. The predicted octanol–water partition coefficient (Wildman–Crippen LogP) is 3.03. The molecule has 0 bridgehead atoms. The van der Waals surface area contributed by atoms with Gasteiger partial charge >= 0.3 is 0 Å². The van der Waals surface area contributed by atoms with Gasteiger partial charge in [-0.1, -0.05) is 48.6 Å². The van der Waals surface area contributed by atoms with Crippen molar-refractivity contribution in [3.8, 4) is 0 Å². The molecule has 1 saturated heterocycles. The van der Waals surface area contributed by atoms with Gasteiger partial charge in [0, 0.05) is 19.6 Å². The molecule has 1 heterocycles. The van der Waals surface area contributed by atoms with Gasteiger partial charge in [0.15, 0.2) is 0 Å². The molecule has 1 aromatic carbocycles. The summed E-state index contributed by atoms with van der Waals surface area (Å²) in [5.41, 5.74) is 3.90. The average Bonchev–Trinajstić information content (AvgIpc) is 2.95. The van der Waals surface area contributed by atoms with Crippen LogP contribution in [0.2, 0.25) is 0 Å². The van der Waals surface area contributed by atoms with E-state index in [1.807, 2.05) is 0 Å². The molecule has 1 aromatic rings. The molecule has 2 heteroatoms. The number of morpholine rings is 1. The number of rotatable bonds is 3. The first kappa shape index (κ1) is 12.4. The van der Waals surface area contributed by atoms with E-state index in [1.54, 1.807) is 0 Å². The molecule has 0 amide bonds. The molecule has 0 N–H and O–H groups in total. The van der Waals surface area contributed by atoms with Crippen LogP contribution in [0.5, 0.6) is 0 Å². The highest BCUT2D eigenvalue weighted by Gasteiger charge is 2.10. The van der Waals surface area contributed by atoms with Gasteiger partial charge < -0.3 is 4.74 Å². The number of benzene rings is 1. The van der Waals surface area contributed by atoms with E-state index < -0.39 is 0 Å². The average molecular weight is 253 g/mol. The number of hydrogen-bond donors (Lipinski definition) is 0. The zero-order chi connectivity index (χ0) is 12.9. The third-order valence-electron chi connectivity index (χ3n) is 3.51. The van der Waals surface area contributed by atoms with Crippen LogP contribution in [0.15, 0.2) is 54.1 Å². The molecular formula is C17H19NO. The topological polar surface area (TPSA) is 12.5 Å². The fourth-order valence-corrected chi connectivity index (χ4v) is 2.41. The van der Waals surface area contributed by atoms with Crippen LogP contribution in [0.1, 0.15) is 11.1 Å². The summed E-state index contributed by atoms with van der Waals surface area (Å²) in [7, 11) is 0. The van der Waals surface area contributed by atoms with Crippen molar-refractivity contribution in [1.29, 1.82) is 0 Å². The standard InChI is InChI=1S/C17H19NO/c1-2-4-15(3-1)13-16-5-7-17(8-6-16)14-18-9-11-19-12-10-18/h1-8,13H,9-12,14H2. The Bertz CT molecular complexity index is 491. The predicted molar refractivity (Wildman–Crippen MR) is 78.8 cm³/mol. The first-order valence-corrected chi connectivity index (χ1v) is 6.86. The second-order valence-corrected chi connectivity index (χ2v) is 4.99. The summed E-state index contributed by atoms with van der Waals surface area (Å²) < 4.78 is 5.37. The van der Waals surface area contributed by atoms with Gasteiger partial charge in [0.05, 0.1) is 13.2 Å². The molecule has 2 nitrogen and oxygen atoms in total. The Hall–Kier alpha value is -1.64. The molecule has 0 saturated carbocycles. The Morgan fingerprint density at radius 2 is 1.68 bits per heavy atom. The van der Waals surface area contributed by atoms with Crippen molar-refractivity contribution in [3.05, 3.63) is 65.3 Å². The van der Waals surface area contributed by atoms with E-state index in [0.29, 0.717) is 0 Å². The molecule has 98 valence electrons. The van der Waals surface area contributed by atoms with Gasteiger partial charge in [-0.15, -0.1) is 0 Å². The molecule has 3 rings (SSSR count). The van der Waals surface area contributed by atoms with E-state index in [-0.39, 0.29) is 0 Å². The van der Waals surface area contributed by atoms with Crippen LogP contribution in [0.25, 0.3) is 6.08 Å². The Morgan fingerprint density at radius 3 is 2.37 bits per heavy atom. The normalized spacial score (nSPS) is 19.1. The molecule has 1 aliphatic heterocycles. The molecule has 0 unspecified atom stereocenters. The van der Waals surface area contributed by atoms with E-state index in [4.69, 9.17) is 4.74 Å². The SMILES string of the molecule is C1=CC(=Cc2ccc(CN3CCOCC3)cc2)C=C1. The minimum Gasteiger partial charge on any atom is -0.379 e. The van der Waals surface area contributed by atoms with E-state index >= 15 is 0 Å². The van der Waals surface area contributed by atoms with Gasteiger partial charge in [0.1, 0.15) is 0 Å². The van der Waals surface area contributed by atoms with E-state index in [0.717, 1.165) is 32.8 Å². The van der Waals surface area contributed by atoms with Crippen molar-refractivity contribution >= 4 is 6.08 Å². The maximum atomic E-state index is 5.37. The fourth-order valence-electron chi connectivity index (χ4n) is 2.41. The number of hydrogen-bond acceptors (Lipinski definition) is 2. The first-order valence-electron chi connectivity index (χ1n) is 6.86. The lowest BCUT2D eigenvalue weighted by atomic mass is 10.1. The molecular weight excluding hydrogens is 234 g/mol. The number of ether oxygens (including phenoxy) is 1. The molecule has 0 radical (unpaired) electrons. The monoisotopic (exact) mass is 253 g/mol. The minimum atomic E-state index is 0.864. The molecule has 0 atom stereocenters. The van der Waals surface area contributed by atoms with Gasteiger partial charge in [-0.25, -0.2) is 0 Å². The Morgan fingerprint density at radius 1 is 1.00 bits per heavy atom. The molecule has 1 fully saturated rings. The summed E-state index contributed by atoms with van der Waals surface area (Å²) in [5, 5.41) is 0. The largest absolute Gasteiger partial charge is 0.379 e. The maximum absolute atomic E-state index is 5.37. The van der Waals surface area contributed by atoms with Crippen molar-refractivity contribution in [1.82, 2.24) is 4.90 Å². The van der Waals surface area contributed by atoms with Crippen LogP contribution in [0, 0.1) is 0 Å². The highest BCUT2D eigenvalue weighted by molar-refractivity contribution is 5.62. The lowest BCUT2D eigenvalue weighted by Gasteiger charge is -2.26. The van der Waals surface area contributed by atoms with Crippen LogP contribution >= 0.6 is 0 Å². The lowest BCUT2D eigenvalue weighted by Crippen LogP contribution is -2.35. The summed E-state index contributed by atoms with van der Waals surface area (Å²) in [6, 6.07) is 8.85. The van der Waals surface area contributed by atoms with Crippen molar-refractivity contribution < 1.29 is 4.74 Å². The van der Waals surface area contributed by atoms with Gasteiger partial charge in [-0.2, -0.15) is 0 Å². The zero-order valence-electron chi connectivity index (χ0n) is 11.1. The smallest absolute Gasteiger partial charge is 0.0594 e. The van der Waals surface area contributed by atoms with Crippen LogP contribution in [-0.2, 0) is 11.3 Å². The Kier molecular flexibility index (Phi) is 3.92. The number of allylic oxidation sites excluding steroid dienone is 5. The highest BCUT2D eigenvalue weighted by Crippen LogP contribution is 2.15. The van der Waals surface area contributed by atoms with Gasteiger partial charge in [-0.05, 0) is 22.8 Å². The summed E-state index contributed by atoms with van der Waals surface area (Å²) >= 11 is 0. The maximum Gasteiger partial charge on any atom is 0.0594 e. The van der Waals surface area contributed by atoms with Crippen LogP contribution in [-0.4, -0.2) is 31.2 Å². The first-order chi connectivity index (χ1) is 9.40.